The Kier molecular flexibility index (Phi) is 7.36. The molecule has 2 aliphatic rings. The second-order valence-corrected chi connectivity index (χ2v) is 9.34. The number of halogens is 1. The molecule has 0 aliphatic heterocycles. The molecule has 1 atom stereocenters. The van der Waals surface area contributed by atoms with E-state index in [9.17, 15) is 9.65 Å². The summed E-state index contributed by atoms with van der Waals surface area (Å²) in [6, 6.07) is 6.99. The van der Waals surface area contributed by atoms with Crippen molar-refractivity contribution in [1.29, 1.82) is 5.26 Å². The number of aromatic nitrogens is 3. The first-order chi connectivity index (χ1) is 16.0. The van der Waals surface area contributed by atoms with E-state index in [1.54, 1.807) is 25.4 Å². The third kappa shape index (κ3) is 6.15. The van der Waals surface area contributed by atoms with Gasteiger partial charge < -0.3 is 20.7 Å². The molecule has 0 aromatic carbocycles. The Morgan fingerprint density at radius 1 is 1.18 bits per heavy atom. The van der Waals surface area contributed by atoms with Crippen molar-refractivity contribution < 1.29 is 9.13 Å². The van der Waals surface area contributed by atoms with Gasteiger partial charge in [-0.3, -0.25) is 0 Å². The molecular formula is C24H32FN7O. The number of methoxy groups -OCH3 is 1. The van der Waals surface area contributed by atoms with Crippen LogP contribution in [0.4, 0.5) is 16.0 Å². The number of nitriles is 1. The molecule has 176 valence electrons. The van der Waals surface area contributed by atoms with Crippen LogP contribution in [0.25, 0.3) is 11.1 Å². The Balaban J connectivity index is 1.37. The van der Waals surface area contributed by atoms with Crippen molar-refractivity contribution in [2.45, 2.75) is 63.6 Å². The zero-order valence-corrected chi connectivity index (χ0v) is 19.3. The van der Waals surface area contributed by atoms with Crippen molar-refractivity contribution in [3.63, 3.8) is 0 Å². The van der Waals surface area contributed by atoms with Gasteiger partial charge in [-0.05, 0) is 57.6 Å². The van der Waals surface area contributed by atoms with Crippen LogP contribution in [0.5, 0.6) is 0 Å². The van der Waals surface area contributed by atoms with Crippen molar-refractivity contribution in [3.05, 3.63) is 30.3 Å². The van der Waals surface area contributed by atoms with E-state index in [2.05, 4.69) is 44.1 Å². The molecule has 0 radical (unpaired) electrons. The number of pyridine rings is 1. The van der Waals surface area contributed by atoms with Gasteiger partial charge in [0.05, 0.1) is 30.5 Å². The molecule has 2 aromatic heterocycles. The van der Waals surface area contributed by atoms with E-state index >= 15 is 0 Å². The van der Waals surface area contributed by atoms with Gasteiger partial charge >= 0.3 is 0 Å². The number of hydrogen-bond donors (Lipinski definition) is 3. The fourth-order valence-electron chi connectivity index (χ4n) is 4.39. The van der Waals surface area contributed by atoms with Gasteiger partial charge in [0.25, 0.3) is 0 Å². The standard InChI is InChI=1S/C24H32FN7O/c1-16(13-33-2)30-18-3-5-19(6-4-18)31-22-10-20(21(25)12-27-22)17-9-23(32-29-11-17)28-15-24(14-26)7-8-24/h9-12,16,18-19,30H,3-8,13,15H2,1-2H3,(H,27,31)(H,28,32)/t16-,18?,19?/m0/s1. The minimum Gasteiger partial charge on any atom is -0.383 e. The highest BCUT2D eigenvalue weighted by atomic mass is 19.1. The summed E-state index contributed by atoms with van der Waals surface area (Å²) in [4.78, 5) is 4.25. The summed E-state index contributed by atoms with van der Waals surface area (Å²) in [5, 5.41) is 27.6. The van der Waals surface area contributed by atoms with Crippen molar-refractivity contribution in [1.82, 2.24) is 20.5 Å². The number of hydrogen-bond acceptors (Lipinski definition) is 8. The molecule has 8 nitrogen and oxygen atoms in total. The molecule has 9 heteroatoms. The predicted octanol–water partition coefficient (Wildman–Crippen LogP) is 3.74. The molecule has 2 aromatic rings. The average Bonchev–Trinajstić information content (AvgIpc) is 3.61. The smallest absolute Gasteiger partial charge is 0.149 e. The van der Waals surface area contributed by atoms with Crippen molar-refractivity contribution in [2.75, 3.05) is 30.9 Å². The van der Waals surface area contributed by atoms with Crippen LogP contribution in [0.1, 0.15) is 45.4 Å². The first-order valence-electron chi connectivity index (χ1n) is 11.7. The van der Waals surface area contributed by atoms with Crippen molar-refractivity contribution in [3.8, 4) is 17.2 Å². The van der Waals surface area contributed by atoms with E-state index in [0.717, 1.165) is 38.5 Å². The summed E-state index contributed by atoms with van der Waals surface area (Å²) in [7, 11) is 1.72. The second-order valence-electron chi connectivity index (χ2n) is 9.34. The van der Waals surface area contributed by atoms with E-state index in [4.69, 9.17) is 4.74 Å². The molecule has 0 unspecified atom stereocenters. The topological polar surface area (TPSA) is 108 Å². The van der Waals surface area contributed by atoms with Gasteiger partial charge in [0.2, 0.25) is 0 Å². The third-order valence-electron chi connectivity index (χ3n) is 6.54. The maximum absolute atomic E-state index is 14.6. The quantitative estimate of drug-likeness (QED) is 0.499. The van der Waals surface area contributed by atoms with Crippen LogP contribution >= 0.6 is 0 Å². The Hall–Kier alpha value is -2.83. The second kappa shape index (κ2) is 10.4. The summed E-state index contributed by atoms with van der Waals surface area (Å²) >= 11 is 0. The Labute approximate surface area is 194 Å². The number of ether oxygens (including phenoxy) is 1. The highest BCUT2D eigenvalue weighted by Gasteiger charge is 2.43. The fourth-order valence-corrected chi connectivity index (χ4v) is 4.39. The maximum Gasteiger partial charge on any atom is 0.149 e. The maximum atomic E-state index is 14.6. The molecule has 0 saturated heterocycles. The highest BCUT2D eigenvalue weighted by Crippen LogP contribution is 2.44. The molecule has 2 aliphatic carbocycles. The fraction of sp³-hybridized carbons (Fsp3) is 0.583. The van der Waals surface area contributed by atoms with Gasteiger partial charge in [0.1, 0.15) is 17.5 Å². The Morgan fingerprint density at radius 2 is 1.94 bits per heavy atom. The average molecular weight is 454 g/mol. The van der Waals surface area contributed by atoms with E-state index < -0.39 is 5.82 Å². The minimum absolute atomic E-state index is 0.299. The van der Waals surface area contributed by atoms with Crippen molar-refractivity contribution >= 4 is 11.6 Å². The van der Waals surface area contributed by atoms with E-state index in [1.165, 1.54) is 6.20 Å². The van der Waals surface area contributed by atoms with Gasteiger partial charge in [0.15, 0.2) is 0 Å². The van der Waals surface area contributed by atoms with Crippen LogP contribution in [0, 0.1) is 22.6 Å². The number of anilines is 2. The summed E-state index contributed by atoms with van der Waals surface area (Å²) in [5.41, 5.74) is 0.750. The number of nitrogens with one attached hydrogen (secondary N) is 3. The van der Waals surface area contributed by atoms with Crippen LogP contribution in [0.3, 0.4) is 0 Å². The monoisotopic (exact) mass is 453 g/mol. The Bertz CT molecular complexity index is 983. The Morgan fingerprint density at radius 3 is 2.64 bits per heavy atom. The van der Waals surface area contributed by atoms with Crippen LogP contribution < -0.4 is 16.0 Å². The molecule has 2 heterocycles. The van der Waals surface area contributed by atoms with Crippen molar-refractivity contribution in [2.24, 2.45) is 5.41 Å². The summed E-state index contributed by atoms with van der Waals surface area (Å²) in [6.07, 6.45) is 8.78. The third-order valence-corrected chi connectivity index (χ3v) is 6.54. The molecule has 0 amide bonds. The summed E-state index contributed by atoms with van der Waals surface area (Å²) in [6.45, 7) is 3.37. The molecule has 4 rings (SSSR count). The zero-order valence-electron chi connectivity index (χ0n) is 19.3. The molecule has 3 N–H and O–H groups in total. The largest absolute Gasteiger partial charge is 0.383 e. The number of nitrogens with zero attached hydrogens (tertiary/aromatic N) is 4. The minimum atomic E-state index is -0.407. The predicted molar refractivity (Wildman–Crippen MR) is 125 cm³/mol. The summed E-state index contributed by atoms with van der Waals surface area (Å²) < 4.78 is 19.8. The first kappa shape index (κ1) is 23.3. The lowest BCUT2D eigenvalue weighted by atomic mass is 9.90. The van der Waals surface area contributed by atoms with Crippen LogP contribution in [0.15, 0.2) is 24.5 Å². The van der Waals surface area contributed by atoms with Gasteiger partial charge in [0, 0.05) is 42.9 Å². The first-order valence-corrected chi connectivity index (χ1v) is 11.7. The SMILES string of the molecule is COC[C@H](C)NC1CCC(Nc2cc(-c3cnnc(NCC4(C#N)CC4)c3)c(F)cn2)CC1. The van der Waals surface area contributed by atoms with E-state index in [0.29, 0.717) is 54.0 Å². The molecular weight excluding hydrogens is 421 g/mol. The summed E-state index contributed by atoms with van der Waals surface area (Å²) in [5.74, 6) is 0.784. The lowest BCUT2D eigenvalue weighted by molar-refractivity contribution is 0.161. The highest BCUT2D eigenvalue weighted by molar-refractivity contribution is 5.68. The molecule has 2 saturated carbocycles. The van der Waals surface area contributed by atoms with Gasteiger partial charge in [-0.1, -0.05) is 0 Å². The van der Waals surface area contributed by atoms with Crippen LogP contribution in [0.2, 0.25) is 0 Å². The zero-order chi connectivity index (χ0) is 23.3. The molecule has 0 spiro atoms. The van der Waals surface area contributed by atoms with E-state index in [-0.39, 0.29) is 5.41 Å². The molecule has 33 heavy (non-hydrogen) atoms. The van der Waals surface area contributed by atoms with Crippen LogP contribution in [-0.4, -0.2) is 53.6 Å². The normalized spacial score (nSPS) is 22.2. The van der Waals surface area contributed by atoms with Gasteiger partial charge in [-0.15, -0.1) is 5.10 Å². The van der Waals surface area contributed by atoms with E-state index in [1.807, 2.05) is 0 Å². The molecule has 0 bridgehead atoms. The van der Waals surface area contributed by atoms with Gasteiger partial charge in [-0.25, -0.2) is 9.37 Å². The lowest BCUT2D eigenvalue weighted by Gasteiger charge is -2.31. The lowest BCUT2D eigenvalue weighted by Crippen LogP contribution is -2.42. The number of rotatable bonds is 10. The van der Waals surface area contributed by atoms with Crippen LogP contribution in [-0.2, 0) is 4.74 Å². The van der Waals surface area contributed by atoms with Gasteiger partial charge in [-0.2, -0.15) is 10.4 Å². The molecule has 2 fully saturated rings.